The number of methoxy groups -OCH3 is 2. The van der Waals surface area contributed by atoms with Crippen LogP contribution in [0.4, 0.5) is 11.4 Å². The highest BCUT2D eigenvalue weighted by Gasteiger charge is 2.17. The van der Waals surface area contributed by atoms with E-state index >= 15 is 0 Å². The molecular weight excluding hydrogens is 392 g/mol. The Morgan fingerprint density at radius 1 is 1.03 bits per heavy atom. The van der Waals surface area contributed by atoms with Gasteiger partial charge in [-0.25, -0.2) is 5.43 Å². The predicted molar refractivity (Wildman–Crippen MR) is 111 cm³/mol. The number of amides is 2. The minimum Gasteiger partial charge on any atom is -0.497 e. The standard InChI is InChI=1S/C20H22N4O6/c1-13(22-23-20(26)11-14-4-6-15(29-2)7-5-14)10-19(25)21-17-9-8-16(30-3)12-18(17)24(27)28/h4-9,12H,10-11H2,1-3H3,(H,21,25)(H,23,26). The number of hydrogen-bond acceptors (Lipinski definition) is 7. The largest absolute Gasteiger partial charge is 0.497 e. The van der Waals surface area contributed by atoms with Crippen LogP contribution >= 0.6 is 0 Å². The molecule has 10 heteroatoms. The maximum Gasteiger partial charge on any atom is 0.296 e. The van der Waals surface area contributed by atoms with Crippen molar-refractivity contribution in [2.75, 3.05) is 19.5 Å². The molecule has 158 valence electrons. The van der Waals surface area contributed by atoms with Crippen molar-refractivity contribution >= 4 is 28.9 Å². The van der Waals surface area contributed by atoms with Gasteiger partial charge in [0.1, 0.15) is 17.2 Å². The number of nitro groups is 1. The van der Waals surface area contributed by atoms with Gasteiger partial charge < -0.3 is 14.8 Å². The molecule has 30 heavy (non-hydrogen) atoms. The third-order valence-electron chi connectivity index (χ3n) is 3.99. The summed E-state index contributed by atoms with van der Waals surface area (Å²) in [6, 6.07) is 11.1. The van der Waals surface area contributed by atoms with Crippen LogP contribution in [0.15, 0.2) is 47.6 Å². The van der Waals surface area contributed by atoms with E-state index in [4.69, 9.17) is 9.47 Å². The molecule has 2 aromatic carbocycles. The Kier molecular flexibility index (Phi) is 7.86. The van der Waals surface area contributed by atoms with Gasteiger partial charge in [-0.05, 0) is 36.8 Å². The van der Waals surface area contributed by atoms with Crippen LogP contribution in [0.5, 0.6) is 11.5 Å². The van der Waals surface area contributed by atoms with Crippen LogP contribution in [0.2, 0.25) is 0 Å². The molecule has 0 fully saturated rings. The highest BCUT2D eigenvalue weighted by Crippen LogP contribution is 2.29. The Balaban J connectivity index is 1.91. The van der Waals surface area contributed by atoms with Crippen molar-refractivity contribution in [2.24, 2.45) is 5.10 Å². The summed E-state index contributed by atoms with van der Waals surface area (Å²) in [5, 5.41) is 17.5. The van der Waals surface area contributed by atoms with Crippen LogP contribution in [0.25, 0.3) is 0 Å². The third kappa shape index (κ3) is 6.59. The van der Waals surface area contributed by atoms with Crippen molar-refractivity contribution in [3.05, 3.63) is 58.1 Å². The Bertz CT molecular complexity index is 956. The number of nitrogens with zero attached hydrogens (tertiary/aromatic N) is 2. The molecule has 10 nitrogen and oxygen atoms in total. The summed E-state index contributed by atoms with van der Waals surface area (Å²) in [4.78, 5) is 34.7. The maximum atomic E-state index is 12.2. The van der Waals surface area contributed by atoms with Gasteiger partial charge in [0.2, 0.25) is 11.8 Å². The van der Waals surface area contributed by atoms with Crippen LogP contribution in [-0.4, -0.2) is 36.7 Å². The van der Waals surface area contributed by atoms with E-state index in [1.807, 2.05) is 0 Å². The zero-order valence-electron chi connectivity index (χ0n) is 16.8. The molecule has 2 N–H and O–H groups in total. The molecule has 0 unspecified atom stereocenters. The Morgan fingerprint density at radius 3 is 2.27 bits per heavy atom. The molecular formula is C20H22N4O6. The number of carbonyl (C=O) groups excluding carboxylic acids is 2. The summed E-state index contributed by atoms with van der Waals surface area (Å²) in [6.07, 6.45) is -0.0307. The van der Waals surface area contributed by atoms with Crippen LogP contribution in [0.1, 0.15) is 18.9 Å². The van der Waals surface area contributed by atoms with Gasteiger partial charge >= 0.3 is 0 Å². The molecule has 0 saturated carbocycles. The van der Waals surface area contributed by atoms with Gasteiger partial charge in [-0.3, -0.25) is 19.7 Å². The Hall–Kier alpha value is -3.95. The average Bonchev–Trinajstić information content (AvgIpc) is 2.73. The van der Waals surface area contributed by atoms with Gasteiger partial charge in [0, 0.05) is 5.71 Å². The summed E-state index contributed by atoms with van der Waals surface area (Å²) in [7, 11) is 2.95. The molecule has 0 aliphatic heterocycles. The van der Waals surface area contributed by atoms with Crippen molar-refractivity contribution in [3.63, 3.8) is 0 Å². The van der Waals surface area contributed by atoms with Gasteiger partial charge in [-0.1, -0.05) is 12.1 Å². The molecule has 0 radical (unpaired) electrons. The lowest BCUT2D eigenvalue weighted by atomic mass is 10.1. The van der Waals surface area contributed by atoms with Crippen molar-refractivity contribution in [1.29, 1.82) is 0 Å². The van der Waals surface area contributed by atoms with E-state index in [0.29, 0.717) is 17.2 Å². The molecule has 0 heterocycles. The van der Waals surface area contributed by atoms with Crippen LogP contribution < -0.4 is 20.2 Å². The molecule has 0 aliphatic carbocycles. The van der Waals surface area contributed by atoms with Gasteiger partial charge in [-0.2, -0.15) is 5.10 Å². The first kappa shape index (κ1) is 22.3. The first-order valence-corrected chi connectivity index (χ1v) is 8.89. The number of hydrogen-bond donors (Lipinski definition) is 2. The Labute approximate surface area is 173 Å². The number of hydrazone groups is 1. The number of nitrogens with one attached hydrogen (secondary N) is 2. The van der Waals surface area contributed by atoms with E-state index in [1.165, 1.54) is 25.3 Å². The highest BCUT2D eigenvalue weighted by atomic mass is 16.6. The van der Waals surface area contributed by atoms with E-state index in [1.54, 1.807) is 38.3 Å². The second kappa shape index (κ2) is 10.6. The smallest absolute Gasteiger partial charge is 0.296 e. The molecule has 0 bridgehead atoms. The van der Waals surface area contributed by atoms with Crippen LogP contribution in [-0.2, 0) is 16.0 Å². The first-order valence-electron chi connectivity index (χ1n) is 8.89. The molecule has 0 spiro atoms. The maximum absolute atomic E-state index is 12.2. The summed E-state index contributed by atoms with van der Waals surface area (Å²) in [6.45, 7) is 1.57. The van der Waals surface area contributed by atoms with Crippen molar-refractivity contribution in [3.8, 4) is 11.5 Å². The average molecular weight is 414 g/mol. The van der Waals surface area contributed by atoms with E-state index in [9.17, 15) is 19.7 Å². The highest BCUT2D eigenvalue weighted by molar-refractivity contribution is 6.06. The lowest BCUT2D eigenvalue weighted by molar-refractivity contribution is -0.384. The summed E-state index contributed by atoms with van der Waals surface area (Å²) in [5.41, 5.74) is 3.27. The third-order valence-corrected chi connectivity index (χ3v) is 3.99. The number of rotatable bonds is 9. The number of carbonyl (C=O) groups is 2. The quantitative estimate of drug-likeness (QED) is 0.368. The number of anilines is 1. The Morgan fingerprint density at radius 2 is 1.67 bits per heavy atom. The second-order valence-corrected chi connectivity index (χ2v) is 6.27. The lowest BCUT2D eigenvalue weighted by Gasteiger charge is -2.08. The summed E-state index contributed by atoms with van der Waals surface area (Å²) in [5.74, 6) is 0.146. The molecule has 2 aromatic rings. The van der Waals surface area contributed by atoms with Crippen molar-refractivity contribution < 1.29 is 24.0 Å². The molecule has 0 aliphatic rings. The normalized spacial score (nSPS) is 10.8. The molecule has 0 saturated heterocycles. The fourth-order valence-electron chi connectivity index (χ4n) is 2.49. The van der Waals surface area contributed by atoms with Gasteiger partial charge in [0.05, 0.1) is 38.1 Å². The zero-order chi connectivity index (χ0) is 22.1. The van der Waals surface area contributed by atoms with Gasteiger partial charge in [-0.15, -0.1) is 0 Å². The number of ether oxygens (including phenoxy) is 2. The van der Waals surface area contributed by atoms with Crippen molar-refractivity contribution in [2.45, 2.75) is 19.8 Å². The minimum absolute atomic E-state index is 0.0436. The predicted octanol–water partition coefficient (Wildman–Crippen LogP) is 2.68. The number of benzene rings is 2. The van der Waals surface area contributed by atoms with E-state index in [0.717, 1.165) is 5.56 Å². The molecule has 2 amide bonds. The van der Waals surface area contributed by atoms with Gasteiger partial charge in [0.25, 0.3) is 5.69 Å². The summed E-state index contributed by atoms with van der Waals surface area (Å²) < 4.78 is 10.0. The minimum atomic E-state index is -0.613. The zero-order valence-corrected chi connectivity index (χ0v) is 16.8. The SMILES string of the molecule is COc1ccc(CC(=O)NN=C(C)CC(=O)Nc2ccc(OC)cc2[N+](=O)[O-])cc1. The molecule has 0 atom stereocenters. The fourth-order valence-corrected chi connectivity index (χ4v) is 2.49. The molecule has 0 aromatic heterocycles. The van der Waals surface area contributed by atoms with E-state index in [2.05, 4.69) is 15.8 Å². The summed E-state index contributed by atoms with van der Waals surface area (Å²) >= 11 is 0. The fraction of sp³-hybridized carbons (Fsp3) is 0.250. The van der Waals surface area contributed by atoms with Crippen molar-refractivity contribution in [1.82, 2.24) is 5.43 Å². The first-order chi connectivity index (χ1) is 14.3. The van der Waals surface area contributed by atoms with Gasteiger partial charge in [0.15, 0.2) is 0 Å². The van der Waals surface area contributed by atoms with E-state index in [-0.39, 0.29) is 30.1 Å². The molecule has 2 rings (SSSR count). The van der Waals surface area contributed by atoms with Crippen LogP contribution in [0.3, 0.4) is 0 Å². The van der Waals surface area contributed by atoms with Crippen LogP contribution in [0, 0.1) is 10.1 Å². The lowest BCUT2D eigenvalue weighted by Crippen LogP contribution is -2.23. The number of nitro benzene ring substituents is 1. The topological polar surface area (TPSA) is 132 Å². The second-order valence-electron chi connectivity index (χ2n) is 6.27. The monoisotopic (exact) mass is 414 g/mol. The van der Waals surface area contributed by atoms with E-state index < -0.39 is 10.8 Å².